The smallest absolute Gasteiger partial charge is 0.266 e. The molecular weight excluding hydrogens is 144 g/mol. The topological polar surface area (TPSA) is 35.5 Å². The van der Waals surface area contributed by atoms with Gasteiger partial charge in [-0.1, -0.05) is 6.58 Å². The van der Waals surface area contributed by atoms with E-state index in [1.807, 2.05) is 0 Å². The second-order valence-corrected chi connectivity index (χ2v) is 2.22. The zero-order valence-electron chi connectivity index (χ0n) is 7.22. The first-order valence-electron chi connectivity index (χ1n) is 3.50. The summed E-state index contributed by atoms with van der Waals surface area (Å²) in [7, 11) is 0. The zero-order valence-corrected chi connectivity index (χ0v) is 7.22. The van der Waals surface area contributed by atoms with E-state index in [4.69, 9.17) is 9.47 Å². The van der Waals surface area contributed by atoms with Crippen LogP contribution in [0, 0.1) is 0 Å². The van der Waals surface area contributed by atoms with Gasteiger partial charge in [-0.15, -0.1) is 0 Å². The minimum Gasteiger partial charge on any atom is -0.463 e. The molecule has 0 aromatic carbocycles. The molecule has 0 amide bonds. The van der Waals surface area contributed by atoms with Crippen LogP contribution < -0.4 is 0 Å². The molecule has 0 rings (SSSR count). The fourth-order valence-corrected chi connectivity index (χ4v) is 0.653. The van der Waals surface area contributed by atoms with Crippen LogP contribution in [0.5, 0.6) is 0 Å². The molecule has 0 saturated heterocycles. The summed E-state index contributed by atoms with van der Waals surface area (Å²) >= 11 is 0. The van der Waals surface area contributed by atoms with Gasteiger partial charge >= 0.3 is 0 Å². The van der Waals surface area contributed by atoms with Gasteiger partial charge in [0.25, 0.3) is 5.79 Å². The molecule has 0 heterocycles. The highest BCUT2D eigenvalue weighted by molar-refractivity contribution is 5.82. The predicted octanol–water partition coefficient (Wildman–Crippen LogP) is 1.49. The number of Topliss-reactive ketones (excluding diaryl/α,β-unsaturated/α-hetero) is 1. The number of ether oxygens (including phenoxy) is 2. The van der Waals surface area contributed by atoms with Crippen molar-refractivity contribution in [3.8, 4) is 0 Å². The maximum Gasteiger partial charge on any atom is 0.266 e. The van der Waals surface area contributed by atoms with Gasteiger partial charge in [-0.3, -0.25) is 4.79 Å². The molecular formula is C8H14O3. The number of rotatable bonds is 5. The average Bonchev–Trinajstić information content (AvgIpc) is 1.88. The Bertz CT molecular complexity index is 153. The summed E-state index contributed by atoms with van der Waals surface area (Å²) in [5, 5.41) is 0. The highest BCUT2D eigenvalue weighted by Crippen LogP contribution is 2.13. The Morgan fingerprint density at radius 1 is 1.73 bits per heavy atom. The van der Waals surface area contributed by atoms with Crippen LogP contribution in [0.1, 0.15) is 20.8 Å². The average molecular weight is 158 g/mol. The van der Waals surface area contributed by atoms with Crippen molar-refractivity contribution in [2.24, 2.45) is 0 Å². The van der Waals surface area contributed by atoms with E-state index in [0.717, 1.165) is 0 Å². The summed E-state index contributed by atoms with van der Waals surface area (Å²) in [6, 6.07) is 0. The third-order valence-electron chi connectivity index (χ3n) is 1.37. The van der Waals surface area contributed by atoms with Gasteiger partial charge in [-0.25, -0.2) is 0 Å². The molecule has 0 aliphatic carbocycles. The van der Waals surface area contributed by atoms with Crippen molar-refractivity contribution in [1.29, 1.82) is 0 Å². The Morgan fingerprint density at radius 2 is 2.27 bits per heavy atom. The molecule has 0 aromatic heterocycles. The Balaban J connectivity index is 4.24. The molecule has 1 atom stereocenters. The third-order valence-corrected chi connectivity index (χ3v) is 1.37. The van der Waals surface area contributed by atoms with Crippen molar-refractivity contribution in [1.82, 2.24) is 0 Å². The van der Waals surface area contributed by atoms with Crippen LogP contribution >= 0.6 is 0 Å². The summed E-state index contributed by atoms with van der Waals surface area (Å²) in [6.45, 7) is 8.58. The number of ketones is 1. The van der Waals surface area contributed by atoms with Crippen LogP contribution in [0.3, 0.4) is 0 Å². The maximum atomic E-state index is 10.9. The zero-order chi connectivity index (χ0) is 8.91. The normalized spacial score (nSPS) is 15.2. The van der Waals surface area contributed by atoms with Crippen molar-refractivity contribution in [2.75, 3.05) is 6.61 Å². The molecule has 0 radical (unpaired) electrons. The van der Waals surface area contributed by atoms with Gasteiger partial charge in [-0.2, -0.15) is 0 Å². The lowest BCUT2D eigenvalue weighted by molar-refractivity contribution is -0.196. The lowest BCUT2D eigenvalue weighted by atomic mass is 10.2. The van der Waals surface area contributed by atoms with E-state index in [1.165, 1.54) is 13.2 Å². The quantitative estimate of drug-likeness (QED) is 0.449. The van der Waals surface area contributed by atoms with Crippen molar-refractivity contribution < 1.29 is 14.3 Å². The lowest BCUT2D eigenvalue weighted by Gasteiger charge is -2.25. The van der Waals surface area contributed by atoms with Crippen LogP contribution in [0.25, 0.3) is 0 Å². The van der Waals surface area contributed by atoms with Crippen molar-refractivity contribution in [2.45, 2.75) is 26.6 Å². The van der Waals surface area contributed by atoms with Gasteiger partial charge < -0.3 is 9.47 Å². The third kappa shape index (κ3) is 2.72. The van der Waals surface area contributed by atoms with E-state index in [-0.39, 0.29) is 5.78 Å². The van der Waals surface area contributed by atoms with Gasteiger partial charge in [-0.05, 0) is 6.92 Å². The highest BCUT2D eigenvalue weighted by Gasteiger charge is 2.31. The van der Waals surface area contributed by atoms with Gasteiger partial charge in [0.15, 0.2) is 0 Å². The van der Waals surface area contributed by atoms with Crippen LogP contribution in [0.2, 0.25) is 0 Å². The standard InChI is InChI=1S/C8H14O3/c1-5-10-8(4,7(3)9)11-6-2/h5H,1,6H2,2-4H3. The Morgan fingerprint density at radius 3 is 2.55 bits per heavy atom. The van der Waals surface area contributed by atoms with Gasteiger partial charge in [0.05, 0.1) is 6.26 Å². The summed E-state index contributed by atoms with van der Waals surface area (Å²) in [6.07, 6.45) is 1.21. The fourth-order valence-electron chi connectivity index (χ4n) is 0.653. The number of carbonyl (C=O) groups excluding carboxylic acids is 1. The molecule has 0 spiro atoms. The first kappa shape index (κ1) is 10.2. The summed E-state index contributed by atoms with van der Waals surface area (Å²) in [5.74, 6) is -1.32. The van der Waals surface area contributed by atoms with E-state index in [0.29, 0.717) is 6.61 Å². The second kappa shape index (κ2) is 4.13. The monoisotopic (exact) mass is 158 g/mol. The SMILES string of the molecule is C=COC(C)(OCC)C(C)=O. The Labute approximate surface area is 67.0 Å². The van der Waals surface area contributed by atoms with Gasteiger partial charge in [0.1, 0.15) is 0 Å². The van der Waals surface area contributed by atoms with Crippen molar-refractivity contribution in [3.05, 3.63) is 12.8 Å². The minimum atomic E-state index is -1.16. The summed E-state index contributed by atoms with van der Waals surface area (Å²) < 4.78 is 10.0. The Hall–Kier alpha value is -0.830. The number of hydrogen-bond donors (Lipinski definition) is 0. The van der Waals surface area contributed by atoms with E-state index < -0.39 is 5.79 Å². The predicted molar refractivity (Wildman–Crippen MR) is 42.0 cm³/mol. The molecule has 3 heteroatoms. The largest absolute Gasteiger partial charge is 0.463 e. The minimum absolute atomic E-state index is 0.167. The molecule has 3 nitrogen and oxygen atoms in total. The number of carbonyl (C=O) groups is 1. The van der Waals surface area contributed by atoms with Crippen molar-refractivity contribution >= 4 is 5.78 Å². The molecule has 0 bridgehead atoms. The first-order valence-corrected chi connectivity index (χ1v) is 3.50. The second-order valence-electron chi connectivity index (χ2n) is 2.22. The summed E-state index contributed by atoms with van der Waals surface area (Å²) in [5.41, 5.74) is 0. The molecule has 0 saturated carbocycles. The van der Waals surface area contributed by atoms with Crippen molar-refractivity contribution in [3.63, 3.8) is 0 Å². The fraction of sp³-hybridized carbons (Fsp3) is 0.625. The number of hydrogen-bond acceptors (Lipinski definition) is 3. The van der Waals surface area contributed by atoms with Crippen LogP contribution in [-0.2, 0) is 14.3 Å². The molecule has 64 valence electrons. The lowest BCUT2D eigenvalue weighted by Crippen LogP contribution is -2.38. The molecule has 0 aromatic rings. The molecule has 0 aliphatic heterocycles. The molecule has 11 heavy (non-hydrogen) atoms. The molecule has 0 aliphatic rings. The maximum absolute atomic E-state index is 10.9. The Kier molecular flexibility index (Phi) is 3.82. The van der Waals surface area contributed by atoms with E-state index in [1.54, 1.807) is 13.8 Å². The molecule has 0 fully saturated rings. The van der Waals surface area contributed by atoms with Crippen LogP contribution in [-0.4, -0.2) is 18.2 Å². The van der Waals surface area contributed by atoms with E-state index in [2.05, 4.69) is 6.58 Å². The highest BCUT2D eigenvalue weighted by atomic mass is 16.7. The molecule has 1 unspecified atom stereocenters. The van der Waals surface area contributed by atoms with Crippen LogP contribution in [0.15, 0.2) is 12.8 Å². The van der Waals surface area contributed by atoms with Crippen LogP contribution in [0.4, 0.5) is 0 Å². The van der Waals surface area contributed by atoms with Gasteiger partial charge in [0.2, 0.25) is 5.78 Å². The summed E-state index contributed by atoms with van der Waals surface area (Å²) in [4.78, 5) is 10.9. The first-order chi connectivity index (χ1) is 5.06. The van der Waals surface area contributed by atoms with Gasteiger partial charge in [0, 0.05) is 20.5 Å². The van der Waals surface area contributed by atoms with E-state index >= 15 is 0 Å². The van der Waals surface area contributed by atoms with E-state index in [9.17, 15) is 4.79 Å². The molecule has 0 N–H and O–H groups in total.